The van der Waals surface area contributed by atoms with Gasteiger partial charge in [0.1, 0.15) is 6.54 Å². The largest absolute Gasteiger partial charge is 0.298 e. The highest BCUT2D eigenvalue weighted by Crippen LogP contribution is 2.11. The van der Waals surface area contributed by atoms with Crippen LogP contribution in [0, 0.1) is 0 Å². The number of carbonyl (C=O) groups excluding carboxylic acids is 2. The van der Waals surface area contributed by atoms with E-state index >= 15 is 0 Å². The van der Waals surface area contributed by atoms with E-state index in [1.165, 1.54) is 6.08 Å². The molecular weight excluding hydrogens is 390 g/mol. The molecule has 0 radical (unpaired) electrons. The van der Waals surface area contributed by atoms with Crippen LogP contribution in [0.15, 0.2) is 66.7 Å². The van der Waals surface area contributed by atoms with Gasteiger partial charge >= 0.3 is 0 Å². The number of carbonyl (C=O) groups is 2. The molecule has 0 saturated heterocycles. The maximum atomic E-state index is 12.0. The molecule has 0 aliphatic heterocycles. The van der Waals surface area contributed by atoms with E-state index in [2.05, 4.69) is 31.6 Å². The average Bonchev–Trinajstić information content (AvgIpc) is 3.20. The summed E-state index contributed by atoms with van der Waals surface area (Å²) in [6.45, 7) is -0.169. The molecule has 1 heterocycles. The molecule has 0 aliphatic rings. The van der Waals surface area contributed by atoms with Gasteiger partial charge in [0.25, 0.3) is 5.91 Å². The molecule has 0 atom stereocenters. The molecule has 146 valence electrons. The lowest BCUT2D eigenvalue weighted by atomic mass is 10.2. The summed E-state index contributed by atoms with van der Waals surface area (Å²) in [5, 5.41) is 14.3. The van der Waals surface area contributed by atoms with E-state index in [0.29, 0.717) is 5.82 Å². The van der Waals surface area contributed by atoms with Crippen molar-refractivity contribution in [2.45, 2.75) is 6.54 Å². The number of aromatic nitrogens is 4. The van der Waals surface area contributed by atoms with Crippen molar-refractivity contribution in [2.24, 2.45) is 0 Å². The topological polar surface area (TPSA) is 114 Å². The SMILES string of the molecule is O=C(/C=C/c1ccccc1)NC(=S)NNC(=O)Cn1nnc(-c2ccccc2)n1. The first-order valence-corrected chi connectivity index (χ1v) is 8.97. The number of nitrogens with one attached hydrogen (secondary N) is 3. The van der Waals surface area contributed by atoms with Crippen LogP contribution >= 0.6 is 12.2 Å². The van der Waals surface area contributed by atoms with E-state index in [1.807, 2.05) is 60.7 Å². The first-order chi connectivity index (χ1) is 14.1. The third-order valence-corrected chi connectivity index (χ3v) is 3.75. The molecule has 3 N–H and O–H groups in total. The van der Waals surface area contributed by atoms with Gasteiger partial charge in [0.05, 0.1) is 0 Å². The van der Waals surface area contributed by atoms with Crippen molar-refractivity contribution in [1.29, 1.82) is 0 Å². The molecule has 29 heavy (non-hydrogen) atoms. The predicted molar refractivity (Wildman–Crippen MR) is 111 cm³/mol. The van der Waals surface area contributed by atoms with Crippen molar-refractivity contribution in [2.75, 3.05) is 0 Å². The van der Waals surface area contributed by atoms with E-state index in [-0.39, 0.29) is 11.7 Å². The standard InChI is InChI=1S/C19H17N7O2S/c27-16(12-11-14-7-3-1-4-8-14)20-19(29)23-21-17(28)13-26-24-18(22-25-26)15-9-5-2-6-10-15/h1-12H,13H2,(H,21,28)(H2,20,23,27,29)/b12-11+. The zero-order valence-electron chi connectivity index (χ0n) is 15.1. The number of thiocarbonyl (C=S) groups is 1. The van der Waals surface area contributed by atoms with Crippen LogP contribution in [-0.2, 0) is 16.1 Å². The average molecular weight is 407 g/mol. The van der Waals surface area contributed by atoms with Gasteiger partial charge in [0.2, 0.25) is 11.7 Å². The fraction of sp³-hybridized carbons (Fsp3) is 0.0526. The van der Waals surface area contributed by atoms with Crippen LogP contribution in [0.2, 0.25) is 0 Å². The third kappa shape index (κ3) is 6.33. The van der Waals surface area contributed by atoms with Crippen LogP contribution in [-0.4, -0.2) is 37.1 Å². The van der Waals surface area contributed by atoms with Crippen LogP contribution in [0.1, 0.15) is 5.56 Å². The Kier molecular flexibility index (Phi) is 6.74. The van der Waals surface area contributed by atoms with E-state index in [0.717, 1.165) is 15.9 Å². The van der Waals surface area contributed by atoms with E-state index in [9.17, 15) is 9.59 Å². The summed E-state index contributed by atoms with van der Waals surface area (Å²) in [7, 11) is 0. The Morgan fingerprint density at radius 1 is 1.00 bits per heavy atom. The van der Waals surface area contributed by atoms with Gasteiger partial charge in [-0.25, -0.2) is 0 Å². The first-order valence-electron chi connectivity index (χ1n) is 8.56. The Balaban J connectivity index is 1.42. The van der Waals surface area contributed by atoms with Gasteiger partial charge in [0, 0.05) is 11.6 Å². The first kappa shape index (κ1) is 19.8. The van der Waals surface area contributed by atoms with Crippen molar-refractivity contribution in [1.82, 2.24) is 36.4 Å². The molecule has 2 amide bonds. The molecule has 0 bridgehead atoms. The van der Waals surface area contributed by atoms with E-state index < -0.39 is 11.8 Å². The summed E-state index contributed by atoms with van der Waals surface area (Å²) in [4.78, 5) is 25.0. The van der Waals surface area contributed by atoms with Crippen molar-refractivity contribution in [3.63, 3.8) is 0 Å². The summed E-state index contributed by atoms with van der Waals surface area (Å²) >= 11 is 4.97. The van der Waals surface area contributed by atoms with Crippen LogP contribution in [0.3, 0.4) is 0 Å². The minimum absolute atomic E-state index is 0.0439. The molecule has 0 aliphatic carbocycles. The van der Waals surface area contributed by atoms with E-state index in [4.69, 9.17) is 12.2 Å². The predicted octanol–water partition coefficient (Wildman–Crippen LogP) is 1.08. The molecule has 10 heteroatoms. The number of benzene rings is 2. The minimum atomic E-state index is -0.460. The summed E-state index contributed by atoms with van der Waals surface area (Å²) in [6, 6.07) is 18.6. The minimum Gasteiger partial charge on any atom is -0.298 e. The fourth-order valence-electron chi connectivity index (χ4n) is 2.23. The van der Waals surface area contributed by atoms with Crippen LogP contribution < -0.4 is 16.2 Å². The van der Waals surface area contributed by atoms with Gasteiger partial charge in [-0.15, -0.1) is 10.2 Å². The quantitative estimate of drug-likeness (QED) is 0.329. The number of rotatable bonds is 5. The molecule has 0 spiro atoms. The lowest BCUT2D eigenvalue weighted by molar-refractivity contribution is -0.122. The van der Waals surface area contributed by atoms with E-state index in [1.54, 1.807) is 6.08 Å². The van der Waals surface area contributed by atoms with Gasteiger partial charge < -0.3 is 0 Å². The smallest absolute Gasteiger partial charge is 0.262 e. The number of tetrazole rings is 1. The molecule has 9 nitrogen and oxygen atoms in total. The second kappa shape index (κ2) is 9.85. The Hall–Kier alpha value is -3.92. The van der Waals surface area contributed by atoms with Crippen molar-refractivity contribution in [3.8, 4) is 11.4 Å². The normalized spacial score (nSPS) is 10.5. The van der Waals surface area contributed by atoms with Gasteiger partial charge in [-0.3, -0.25) is 25.8 Å². The second-order valence-electron chi connectivity index (χ2n) is 5.75. The molecule has 2 aromatic carbocycles. The van der Waals surface area contributed by atoms with Gasteiger partial charge in [0.15, 0.2) is 5.11 Å². The van der Waals surface area contributed by atoms with Gasteiger partial charge in [-0.05, 0) is 29.1 Å². The van der Waals surface area contributed by atoms with Gasteiger partial charge in [-0.1, -0.05) is 60.7 Å². The Morgan fingerprint density at radius 2 is 1.69 bits per heavy atom. The lowest BCUT2D eigenvalue weighted by Crippen LogP contribution is -2.49. The number of amides is 2. The highest BCUT2D eigenvalue weighted by atomic mass is 32.1. The number of hydrazine groups is 1. The van der Waals surface area contributed by atoms with Crippen molar-refractivity contribution >= 4 is 35.2 Å². The van der Waals surface area contributed by atoms with Crippen molar-refractivity contribution < 1.29 is 9.59 Å². The van der Waals surface area contributed by atoms with Crippen LogP contribution in [0.5, 0.6) is 0 Å². The maximum Gasteiger partial charge on any atom is 0.262 e. The maximum absolute atomic E-state index is 12.0. The number of nitrogens with zero attached hydrogens (tertiary/aromatic N) is 4. The molecule has 0 unspecified atom stereocenters. The monoisotopic (exact) mass is 407 g/mol. The summed E-state index contributed by atoms with van der Waals surface area (Å²) in [5.41, 5.74) is 6.48. The highest BCUT2D eigenvalue weighted by Gasteiger charge is 2.09. The Morgan fingerprint density at radius 3 is 2.41 bits per heavy atom. The highest BCUT2D eigenvalue weighted by molar-refractivity contribution is 7.80. The molecule has 0 saturated carbocycles. The molecule has 0 fully saturated rings. The Labute approximate surface area is 171 Å². The van der Waals surface area contributed by atoms with Gasteiger partial charge in [-0.2, -0.15) is 4.80 Å². The molecule has 3 rings (SSSR count). The molecular formula is C19H17N7O2S. The van der Waals surface area contributed by atoms with Crippen LogP contribution in [0.25, 0.3) is 17.5 Å². The summed E-state index contributed by atoms with van der Waals surface area (Å²) < 4.78 is 0. The third-order valence-electron chi connectivity index (χ3n) is 3.55. The molecule has 3 aromatic rings. The lowest BCUT2D eigenvalue weighted by Gasteiger charge is -2.09. The summed E-state index contributed by atoms with van der Waals surface area (Å²) in [6.07, 6.45) is 2.99. The second-order valence-corrected chi connectivity index (χ2v) is 6.15. The number of hydrogen-bond acceptors (Lipinski definition) is 6. The van der Waals surface area contributed by atoms with Crippen molar-refractivity contribution in [3.05, 3.63) is 72.3 Å². The van der Waals surface area contributed by atoms with Crippen LogP contribution in [0.4, 0.5) is 0 Å². The number of hydrogen-bond donors (Lipinski definition) is 3. The molecule has 1 aromatic heterocycles. The zero-order chi connectivity index (χ0) is 20.5. The summed E-state index contributed by atoms with van der Waals surface area (Å²) in [5.74, 6) is -0.469. The fourth-order valence-corrected chi connectivity index (χ4v) is 2.38. The Bertz CT molecular complexity index is 1020. The zero-order valence-corrected chi connectivity index (χ0v) is 16.0.